The first-order chi connectivity index (χ1) is 9.84. The van der Waals surface area contributed by atoms with Crippen molar-refractivity contribution in [3.05, 3.63) is 35.1 Å². The number of halogens is 4. The molecule has 1 aromatic carbocycles. The Balaban J connectivity index is 2.47. The Bertz CT molecular complexity index is 485. The predicted octanol–water partition coefficient (Wildman–Crippen LogP) is 3.45. The molecule has 2 atom stereocenters. The number of piperidine rings is 1. The average molecular weight is 304 g/mol. The summed E-state index contributed by atoms with van der Waals surface area (Å²) in [7, 11) is 3.62. The molecule has 6 heteroatoms. The molecule has 21 heavy (non-hydrogen) atoms. The Labute approximate surface area is 122 Å². The van der Waals surface area contributed by atoms with Crippen molar-refractivity contribution >= 4 is 0 Å². The normalized spacial score (nSPS) is 24.3. The lowest BCUT2D eigenvalue weighted by Crippen LogP contribution is -2.40. The predicted molar refractivity (Wildman–Crippen MR) is 73.4 cm³/mol. The number of alkyl halides is 3. The van der Waals surface area contributed by atoms with E-state index in [0.717, 1.165) is 25.5 Å². The van der Waals surface area contributed by atoms with Gasteiger partial charge >= 0.3 is 6.18 Å². The number of hydrogen-bond donors (Lipinski definition) is 1. The number of benzene rings is 1. The lowest BCUT2D eigenvalue weighted by atomic mass is 9.83. The van der Waals surface area contributed by atoms with Gasteiger partial charge in [0, 0.05) is 6.04 Å². The number of nitrogens with zero attached hydrogens (tertiary/aromatic N) is 1. The van der Waals surface area contributed by atoms with Gasteiger partial charge in [-0.3, -0.25) is 4.90 Å². The van der Waals surface area contributed by atoms with E-state index in [1.807, 2.05) is 11.9 Å². The van der Waals surface area contributed by atoms with Crippen LogP contribution < -0.4 is 5.32 Å². The van der Waals surface area contributed by atoms with Crippen LogP contribution in [0.25, 0.3) is 0 Å². The maximum absolute atomic E-state index is 13.3. The van der Waals surface area contributed by atoms with Gasteiger partial charge in [-0.2, -0.15) is 13.2 Å². The summed E-state index contributed by atoms with van der Waals surface area (Å²) in [6, 6.07) is 2.66. The Morgan fingerprint density at radius 2 is 2.05 bits per heavy atom. The second-order valence-electron chi connectivity index (χ2n) is 5.61. The molecule has 0 bridgehead atoms. The Kier molecular flexibility index (Phi) is 4.88. The van der Waals surface area contributed by atoms with Crippen LogP contribution in [0, 0.1) is 11.7 Å². The Morgan fingerprint density at radius 3 is 2.67 bits per heavy atom. The standard InChI is InChI=1S/C15H20F4N2/c1-20-9-10-4-3-7-21(2)14(10)12-6-5-11(16)8-13(12)15(17,18)19/h5-6,8,10,14,20H,3-4,7,9H2,1-2H3. The molecule has 1 aromatic rings. The maximum Gasteiger partial charge on any atom is 0.416 e. The summed E-state index contributed by atoms with van der Waals surface area (Å²) in [6.45, 7) is 1.39. The summed E-state index contributed by atoms with van der Waals surface area (Å²) in [6.07, 6.45) is -2.72. The number of likely N-dealkylation sites (tertiary alicyclic amines) is 1. The summed E-state index contributed by atoms with van der Waals surface area (Å²) >= 11 is 0. The van der Waals surface area contributed by atoms with Gasteiger partial charge in [-0.05, 0) is 63.6 Å². The largest absolute Gasteiger partial charge is 0.416 e. The van der Waals surface area contributed by atoms with Gasteiger partial charge in [0.2, 0.25) is 0 Å². The fraction of sp³-hybridized carbons (Fsp3) is 0.600. The van der Waals surface area contributed by atoms with Crippen molar-refractivity contribution in [1.29, 1.82) is 0 Å². The molecule has 0 spiro atoms. The molecule has 0 radical (unpaired) electrons. The van der Waals surface area contributed by atoms with Crippen molar-refractivity contribution in [3.8, 4) is 0 Å². The van der Waals surface area contributed by atoms with E-state index in [1.54, 1.807) is 7.05 Å². The van der Waals surface area contributed by atoms with Gasteiger partial charge in [0.05, 0.1) is 5.56 Å². The molecule has 0 aromatic heterocycles. The Hall–Kier alpha value is -1.14. The van der Waals surface area contributed by atoms with Crippen LogP contribution in [0.2, 0.25) is 0 Å². The highest BCUT2D eigenvalue weighted by Gasteiger charge is 2.39. The van der Waals surface area contributed by atoms with Crippen molar-refractivity contribution in [2.45, 2.75) is 25.1 Å². The molecule has 1 saturated heterocycles. The molecule has 1 heterocycles. The van der Waals surface area contributed by atoms with E-state index >= 15 is 0 Å². The quantitative estimate of drug-likeness (QED) is 0.861. The van der Waals surface area contributed by atoms with Crippen molar-refractivity contribution in [2.75, 3.05) is 27.2 Å². The van der Waals surface area contributed by atoms with Gasteiger partial charge in [-0.25, -0.2) is 4.39 Å². The first kappa shape index (κ1) is 16.2. The summed E-state index contributed by atoms with van der Waals surface area (Å²) in [5.74, 6) is -0.769. The van der Waals surface area contributed by atoms with Crippen molar-refractivity contribution < 1.29 is 17.6 Å². The van der Waals surface area contributed by atoms with Crippen LogP contribution >= 0.6 is 0 Å². The molecule has 2 unspecified atom stereocenters. The second kappa shape index (κ2) is 6.32. The molecule has 1 aliphatic rings. The molecule has 0 saturated carbocycles. The van der Waals surface area contributed by atoms with Crippen LogP contribution in [0.15, 0.2) is 18.2 Å². The van der Waals surface area contributed by atoms with Crippen LogP contribution in [0.3, 0.4) is 0 Å². The molecule has 118 valence electrons. The molecular formula is C15H20F4N2. The molecule has 2 rings (SSSR count). The fourth-order valence-electron chi connectivity index (χ4n) is 3.26. The molecule has 2 nitrogen and oxygen atoms in total. The average Bonchev–Trinajstić information content (AvgIpc) is 2.39. The van der Waals surface area contributed by atoms with Crippen LogP contribution in [-0.2, 0) is 6.18 Å². The minimum absolute atomic E-state index is 0.0836. The second-order valence-corrected chi connectivity index (χ2v) is 5.61. The van der Waals surface area contributed by atoms with E-state index in [0.29, 0.717) is 12.6 Å². The monoisotopic (exact) mass is 304 g/mol. The number of rotatable bonds is 3. The summed E-state index contributed by atoms with van der Waals surface area (Å²) in [4.78, 5) is 1.94. The highest BCUT2D eigenvalue weighted by molar-refractivity contribution is 5.34. The molecule has 0 amide bonds. The zero-order valence-corrected chi connectivity index (χ0v) is 12.2. The third-order valence-electron chi connectivity index (χ3n) is 4.11. The topological polar surface area (TPSA) is 15.3 Å². The zero-order valence-electron chi connectivity index (χ0n) is 12.2. The smallest absolute Gasteiger partial charge is 0.319 e. The third kappa shape index (κ3) is 3.55. The van der Waals surface area contributed by atoms with Gasteiger partial charge < -0.3 is 5.32 Å². The van der Waals surface area contributed by atoms with Crippen molar-refractivity contribution in [3.63, 3.8) is 0 Å². The van der Waals surface area contributed by atoms with Gasteiger partial charge in [0.1, 0.15) is 5.82 Å². The number of hydrogen-bond acceptors (Lipinski definition) is 2. The van der Waals surface area contributed by atoms with E-state index < -0.39 is 17.6 Å². The van der Waals surface area contributed by atoms with Crippen LogP contribution in [-0.4, -0.2) is 32.1 Å². The first-order valence-electron chi connectivity index (χ1n) is 7.06. The molecule has 1 aliphatic heterocycles. The highest BCUT2D eigenvalue weighted by Crippen LogP contribution is 2.41. The molecule has 1 N–H and O–H groups in total. The minimum atomic E-state index is -4.54. The van der Waals surface area contributed by atoms with Crippen LogP contribution in [0.1, 0.15) is 30.0 Å². The maximum atomic E-state index is 13.3. The molecule has 0 aliphatic carbocycles. The lowest BCUT2D eigenvalue weighted by molar-refractivity contribution is -0.139. The van der Waals surface area contributed by atoms with Crippen LogP contribution in [0.4, 0.5) is 17.6 Å². The van der Waals surface area contributed by atoms with E-state index in [2.05, 4.69) is 5.32 Å². The summed E-state index contributed by atoms with van der Waals surface area (Å²) in [5.41, 5.74) is -0.686. The van der Waals surface area contributed by atoms with Gasteiger partial charge in [-0.1, -0.05) is 6.07 Å². The fourth-order valence-corrected chi connectivity index (χ4v) is 3.26. The first-order valence-corrected chi connectivity index (χ1v) is 7.06. The van der Waals surface area contributed by atoms with E-state index in [-0.39, 0.29) is 17.5 Å². The lowest BCUT2D eigenvalue weighted by Gasteiger charge is -2.40. The van der Waals surface area contributed by atoms with Crippen molar-refractivity contribution in [1.82, 2.24) is 10.2 Å². The van der Waals surface area contributed by atoms with Gasteiger partial charge in [0.25, 0.3) is 0 Å². The highest BCUT2D eigenvalue weighted by atomic mass is 19.4. The van der Waals surface area contributed by atoms with E-state index in [9.17, 15) is 17.6 Å². The zero-order chi connectivity index (χ0) is 15.6. The van der Waals surface area contributed by atoms with Gasteiger partial charge in [-0.15, -0.1) is 0 Å². The Morgan fingerprint density at radius 1 is 1.33 bits per heavy atom. The van der Waals surface area contributed by atoms with Crippen LogP contribution in [0.5, 0.6) is 0 Å². The molecular weight excluding hydrogens is 284 g/mol. The summed E-state index contributed by atoms with van der Waals surface area (Å²) in [5, 5.41) is 3.05. The minimum Gasteiger partial charge on any atom is -0.319 e. The van der Waals surface area contributed by atoms with Gasteiger partial charge in [0.15, 0.2) is 0 Å². The van der Waals surface area contributed by atoms with E-state index in [4.69, 9.17) is 0 Å². The third-order valence-corrected chi connectivity index (χ3v) is 4.11. The number of nitrogens with one attached hydrogen (secondary N) is 1. The SMILES string of the molecule is CNCC1CCCN(C)C1c1ccc(F)cc1C(F)(F)F. The molecule has 1 fully saturated rings. The van der Waals surface area contributed by atoms with Crippen molar-refractivity contribution in [2.24, 2.45) is 5.92 Å². The summed E-state index contributed by atoms with van der Waals surface area (Å²) < 4.78 is 52.9. The van der Waals surface area contributed by atoms with E-state index in [1.165, 1.54) is 6.07 Å².